The van der Waals surface area contributed by atoms with Gasteiger partial charge in [-0.15, -0.1) is 0 Å². The highest BCUT2D eigenvalue weighted by atomic mass is 32.2. The van der Waals surface area contributed by atoms with Gasteiger partial charge in [-0.1, -0.05) is 6.92 Å². The third-order valence-electron chi connectivity index (χ3n) is 3.43. The molecular formula is C16H23NO5S. The van der Waals surface area contributed by atoms with Gasteiger partial charge >= 0.3 is 0 Å². The van der Waals surface area contributed by atoms with Crippen LogP contribution in [0.1, 0.15) is 43.1 Å². The van der Waals surface area contributed by atoms with Gasteiger partial charge in [-0.2, -0.15) is 0 Å². The van der Waals surface area contributed by atoms with Crippen LogP contribution in [0.25, 0.3) is 0 Å². The number of carbonyl (C=O) groups is 2. The first-order valence-electron chi connectivity index (χ1n) is 7.36. The molecule has 128 valence electrons. The van der Waals surface area contributed by atoms with Crippen LogP contribution in [-0.2, 0) is 20.4 Å². The minimum absolute atomic E-state index is 0.0757. The quantitative estimate of drug-likeness (QED) is 0.727. The first-order chi connectivity index (χ1) is 10.7. The smallest absolute Gasteiger partial charge is 0.235 e. The molecule has 0 spiro atoms. The minimum Gasteiger partial charge on any atom is -0.496 e. The van der Waals surface area contributed by atoms with E-state index in [1.165, 1.54) is 20.1 Å². The SMILES string of the molecule is CC[C@@H](C)NC(=O)CS(=O)(=O)Cc1cc(C(C)=O)ccc1OC. The van der Waals surface area contributed by atoms with E-state index in [1.54, 1.807) is 12.1 Å². The number of Topliss-reactive ketones (excluding diaryl/α,β-unsaturated/α-hetero) is 1. The van der Waals surface area contributed by atoms with Crippen molar-refractivity contribution in [3.63, 3.8) is 0 Å². The lowest BCUT2D eigenvalue weighted by molar-refractivity contribution is -0.119. The fraction of sp³-hybridized carbons (Fsp3) is 0.500. The van der Waals surface area contributed by atoms with Crippen LogP contribution < -0.4 is 10.1 Å². The summed E-state index contributed by atoms with van der Waals surface area (Å²) in [5, 5.41) is 2.63. The molecule has 0 fully saturated rings. The van der Waals surface area contributed by atoms with E-state index in [9.17, 15) is 18.0 Å². The van der Waals surface area contributed by atoms with Crippen molar-refractivity contribution in [2.75, 3.05) is 12.9 Å². The number of amides is 1. The first kappa shape index (κ1) is 19.2. The van der Waals surface area contributed by atoms with Crippen molar-refractivity contribution in [2.45, 2.75) is 39.0 Å². The minimum atomic E-state index is -3.67. The summed E-state index contributed by atoms with van der Waals surface area (Å²) in [5.74, 6) is -1.27. The molecule has 7 heteroatoms. The molecule has 1 atom stereocenters. The van der Waals surface area contributed by atoms with Crippen molar-refractivity contribution >= 4 is 21.5 Å². The molecule has 1 aromatic rings. The number of ketones is 1. The van der Waals surface area contributed by atoms with Crippen molar-refractivity contribution in [3.05, 3.63) is 29.3 Å². The summed E-state index contributed by atoms with van der Waals surface area (Å²) < 4.78 is 29.6. The van der Waals surface area contributed by atoms with Crippen molar-refractivity contribution < 1.29 is 22.7 Å². The van der Waals surface area contributed by atoms with Gasteiger partial charge in [0.2, 0.25) is 5.91 Å². The van der Waals surface area contributed by atoms with Crippen molar-refractivity contribution in [3.8, 4) is 5.75 Å². The van der Waals surface area contributed by atoms with E-state index in [-0.39, 0.29) is 17.6 Å². The summed E-state index contributed by atoms with van der Waals surface area (Å²) in [4.78, 5) is 23.2. The van der Waals surface area contributed by atoms with Gasteiger partial charge < -0.3 is 10.1 Å². The molecule has 0 aromatic heterocycles. The number of carbonyl (C=O) groups excluding carboxylic acids is 2. The predicted molar refractivity (Wildman–Crippen MR) is 88.4 cm³/mol. The fourth-order valence-corrected chi connectivity index (χ4v) is 3.30. The zero-order chi connectivity index (χ0) is 17.6. The van der Waals surface area contributed by atoms with Crippen LogP contribution in [-0.4, -0.2) is 39.0 Å². The van der Waals surface area contributed by atoms with Crippen molar-refractivity contribution in [1.29, 1.82) is 0 Å². The molecule has 1 N–H and O–H groups in total. The Morgan fingerprint density at radius 3 is 2.48 bits per heavy atom. The largest absolute Gasteiger partial charge is 0.496 e. The molecule has 0 saturated carbocycles. The molecule has 1 rings (SSSR count). The Balaban J connectivity index is 2.94. The fourth-order valence-electron chi connectivity index (χ4n) is 2.02. The lowest BCUT2D eigenvalue weighted by atomic mass is 10.1. The Bertz CT molecular complexity index is 682. The normalized spacial score (nSPS) is 12.5. The van der Waals surface area contributed by atoms with Crippen LogP contribution in [0.3, 0.4) is 0 Å². The number of rotatable bonds is 8. The molecule has 1 amide bonds. The first-order valence-corrected chi connectivity index (χ1v) is 9.18. The summed E-state index contributed by atoms with van der Waals surface area (Å²) >= 11 is 0. The Morgan fingerprint density at radius 2 is 1.96 bits per heavy atom. The van der Waals surface area contributed by atoms with Crippen molar-refractivity contribution in [1.82, 2.24) is 5.32 Å². The van der Waals surface area contributed by atoms with Crippen LogP contribution in [0.5, 0.6) is 5.75 Å². The number of hydrogen-bond acceptors (Lipinski definition) is 5. The maximum atomic E-state index is 12.2. The molecule has 6 nitrogen and oxygen atoms in total. The van der Waals surface area contributed by atoms with Gasteiger partial charge in [-0.05, 0) is 38.5 Å². The predicted octanol–water partition coefficient (Wildman–Crippen LogP) is 1.73. The van der Waals surface area contributed by atoms with Gasteiger partial charge in [0.05, 0.1) is 12.9 Å². The maximum Gasteiger partial charge on any atom is 0.235 e. The average molecular weight is 341 g/mol. The Morgan fingerprint density at radius 1 is 1.30 bits per heavy atom. The number of ether oxygens (including phenoxy) is 1. The summed E-state index contributed by atoms with van der Waals surface area (Å²) in [6.07, 6.45) is 0.722. The monoisotopic (exact) mass is 341 g/mol. The molecule has 0 aliphatic carbocycles. The molecule has 0 heterocycles. The van der Waals surface area contributed by atoms with Gasteiger partial charge in [0, 0.05) is 17.2 Å². The van der Waals surface area contributed by atoms with Crippen LogP contribution in [0.15, 0.2) is 18.2 Å². The van der Waals surface area contributed by atoms with E-state index < -0.39 is 21.5 Å². The van der Waals surface area contributed by atoms with E-state index in [1.807, 2.05) is 13.8 Å². The Hall–Kier alpha value is -1.89. The third-order valence-corrected chi connectivity index (χ3v) is 4.89. The Kier molecular flexibility index (Phi) is 6.75. The molecular weight excluding hydrogens is 318 g/mol. The maximum absolute atomic E-state index is 12.2. The van der Waals surface area contributed by atoms with E-state index in [0.29, 0.717) is 16.9 Å². The zero-order valence-corrected chi connectivity index (χ0v) is 14.7. The van der Waals surface area contributed by atoms with E-state index >= 15 is 0 Å². The molecule has 23 heavy (non-hydrogen) atoms. The Labute approximate surface area is 137 Å². The number of nitrogens with one attached hydrogen (secondary N) is 1. The van der Waals surface area contributed by atoms with E-state index in [4.69, 9.17) is 4.74 Å². The van der Waals surface area contributed by atoms with E-state index in [0.717, 1.165) is 6.42 Å². The van der Waals surface area contributed by atoms with Gasteiger partial charge in [-0.3, -0.25) is 9.59 Å². The van der Waals surface area contributed by atoms with Crippen LogP contribution in [0.2, 0.25) is 0 Å². The second-order valence-electron chi connectivity index (χ2n) is 5.49. The summed E-state index contributed by atoms with van der Waals surface area (Å²) in [6, 6.07) is 4.55. The average Bonchev–Trinajstić information content (AvgIpc) is 2.45. The highest BCUT2D eigenvalue weighted by molar-refractivity contribution is 7.91. The highest BCUT2D eigenvalue weighted by Crippen LogP contribution is 2.22. The molecule has 0 radical (unpaired) electrons. The third kappa shape index (κ3) is 6.02. The summed E-state index contributed by atoms with van der Waals surface area (Å²) in [6.45, 7) is 5.11. The molecule has 0 saturated heterocycles. The second-order valence-corrected chi connectivity index (χ2v) is 7.56. The number of methoxy groups -OCH3 is 1. The van der Waals surface area contributed by atoms with Gasteiger partial charge in [0.15, 0.2) is 15.6 Å². The topological polar surface area (TPSA) is 89.5 Å². The van der Waals surface area contributed by atoms with Crippen LogP contribution >= 0.6 is 0 Å². The number of benzene rings is 1. The number of sulfone groups is 1. The van der Waals surface area contributed by atoms with Crippen LogP contribution in [0.4, 0.5) is 0 Å². The highest BCUT2D eigenvalue weighted by Gasteiger charge is 2.21. The van der Waals surface area contributed by atoms with Gasteiger partial charge in [0.25, 0.3) is 0 Å². The summed E-state index contributed by atoms with van der Waals surface area (Å²) in [7, 11) is -2.24. The number of hydrogen-bond donors (Lipinski definition) is 1. The lowest BCUT2D eigenvalue weighted by Crippen LogP contribution is -2.36. The molecule has 1 aromatic carbocycles. The molecule has 0 aliphatic heterocycles. The van der Waals surface area contributed by atoms with Crippen LogP contribution in [0, 0.1) is 0 Å². The molecule has 0 bridgehead atoms. The molecule has 0 aliphatic rings. The molecule has 0 unspecified atom stereocenters. The van der Waals surface area contributed by atoms with E-state index in [2.05, 4.69) is 5.32 Å². The van der Waals surface area contributed by atoms with Gasteiger partial charge in [-0.25, -0.2) is 8.42 Å². The zero-order valence-electron chi connectivity index (χ0n) is 13.9. The van der Waals surface area contributed by atoms with Crippen molar-refractivity contribution in [2.24, 2.45) is 0 Å². The second kappa shape index (κ2) is 8.10. The standard InChI is InChI=1S/C16H23NO5S/c1-5-11(2)17-16(19)10-23(20,21)9-14-8-13(12(3)18)6-7-15(14)22-4/h6-8,11H,5,9-10H2,1-4H3,(H,17,19)/t11-/m1/s1. The lowest BCUT2D eigenvalue weighted by Gasteiger charge is -2.13. The van der Waals surface area contributed by atoms with Gasteiger partial charge in [0.1, 0.15) is 11.5 Å². The summed E-state index contributed by atoms with van der Waals surface area (Å²) in [5.41, 5.74) is 0.775.